The molecule has 3 rings (SSSR count). The van der Waals surface area contributed by atoms with Crippen molar-refractivity contribution in [1.29, 1.82) is 0 Å². The van der Waals surface area contributed by atoms with E-state index < -0.39 is 5.97 Å². The van der Waals surface area contributed by atoms with Crippen LogP contribution in [0.2, 0.25) is 0 Å². The van der Waals surface area contributed by atoms with E-state index in [1.54, 1.807) is 20.8 Å². The Labute approximate surface area is 151 Å². The number of carbonyl (C=O) groups excluding carboxylic acids is 1. The molecule has 0 saturated carbocycles. The minimum atomic E-state index is -0.415. The molecule has 1 N–H and O–H groups in total. The molecule has 0 atom stereocenters. The molecule has 2 aromatic heterocycles. The molecular formula is C19H21N5O2. The zero-order valence-electron chi connectivity index (χ0n) is 15.5. The minimum Gasteiger partial charge on any atom is -0.462 e. The zero-order valence-corrected chi connectivity index (χ0v) is 15.5. The normalized spacial score (nSPS) is 10.8. The van der Waals surface area contributed by atoms with E-state index in [1.807, 2.05) is 32.0 Å². The predicted octanol–water partition coefficient (Wildman–Crippen LogP) is 3.57. The van der Waals surface area contributed by atoms with Gasteiger partial charge < -0.3 is 4.74 Å². The first kappa shape index (κ1) is 17.7. The Morgan fingerprint density at radius 2 is 1.58 bits per heavy atom. The molecule has 7 nitrogen and oxygen atoms in total. The van der Waals surface area contributed by atoms with Crippen LogP contribution in [-0.2, 0) is 4.74 Å². The molecule has 0 radical (unpaired) electrons. The number of ether oxygens (including phenoxy) is 1. The van der Waals surface area contributed by atoms with Crippen LogP contribution in [0, 0.1) is 27.7 Å². The molecule has 1 aromatic carbocycles. The quantitative estimate of drug-likeness (QED) is 0.719. The number of hydrogen-bond acceptors (Lipinski definition) is 7. The number of hydrogen-bond donors (Lipinski definition) is 1. The second-order valence-electron chi connectivity index (χ2n) is 6.09. The molecule has 0 spiro atoms. The number of benzene rings is 1. The molecule has 26 heavy (non-hydrogen) atoms. The van der Waals surface area contributed by atoms with E-state index in [4.69, 9.17) is 4.74 Å². The van der Waals surface area contributed by atoms with Crippen molar-refractivity contribution in [3.8, 4) is 0 Å². The minimum absolute atomic E-state index is 0.307. The molecule has 0 aliphatic rings. The van der Waals surface area contributed by atoms with Gasteiger partial charge in [0.1, 0.15) is 5.56 Å². The van der Waals surface area contributed by atoms with Crippen LogP contribution in [0.25, 0.3) is 10.9 Å². The van der Waals surface area contributed by atoms with Gasteiger partial charge >= 0.3 is 5.97 Å². The highest BCUT2D eigenvalue weighted by Crippen LogP contribution is 2.21. The molecule has 0 bridgehead atoms. The van der Waals surface area contributed by atoms with Gasteiger partial charge in [0.2, 0.25) is 11.9 Å². The maximum absolute atomic E-state index is 12.0. The van der Waals surface area contributed by atoms with Gasteiger partial charge in [0.25, 0.3) is 0 Å². The Morgan fingerprint density at radius 1 is 0.962 bits per heavy atom. The highest BCUT2D eigenvalue weighted by atomic mass is 16.5. The SMILES string of the molecule is CCOC(=O)c1c(C)nc(Nc2nc(C)c3ccc(C)cc3n2)nc1C. The van der Waals surface area contributed by atoms with Crippen LogP contribution in [-0.4, -0.2) is 32.5 Å². The molecule has 0 fully saturated rings. The molecule has 2 heterocycles. The fourth-order valence-corrected chi connectivity index (χ4v) is 2.83. The van der Waals surface area contributed by atoms with Gasteiger partial charge in [-0.15, -0.1) is 0 Å². The number of nitrogens with one attached hydrogen (secondary N) is 1. The summed E-state index contributed by atoms with van der Waals surface area (Å²) in [6.07, 6.45) is 0. The van der Waals surface area contributed by atoms with Crippen LogP contribution in [0.5, 0.6) is 0 Å². The summed E-state index contributed by atoms with van der Waals surface area (Å²) in [4.78, 5) is 29.8. The Morgan fingerprint density at radius 3 is 2.23 bits per heavy atom. The van der Waals surface area contributed by atoms with Crippen molar-refractivity contribution in [2.24, 2.45) is 0 Å². The monoisotopic (exact) mass is 351 g/mol. The average molecular weight is 351 g/mol. The van der Waals surface area contributed by atoms with Gasteiger partial charge in [-0.2, -0.15) is 0 Å². The summed E-state index contributed by atoms with van der Waals surface area (Å²) in [7, 11) is 0. The van der Waals surface area contributed by atoms with Crippen LogP contribution >= 0.6 is 0 Å². The number of aryl methyl sites for hydroxylation is 4. The summed E-state index contributed by atoms with van der Waals surface area (Å²) in [6.45, 7) is 9.53. The first-order chi connectivity index (χ1) is 12.4. The van der Waals surface area contributed by atoms with E-state index >= 15 is 0 Å². The lowest BCUT2D eigenvalue weighted by atomic mass is 10.1. The van der Waals surface area contributed by atoms with Gasteiger partial charge in [0.15, 0.2) is 0 Å². The lowest BCUT2D eigenvalue weighted by molar-refractivity contribution is 0.0523. The van der Waals surface area contributed by atoms with Crippen molar-refractivity contribution in [2.75, 3.05) is 11.9 Å². The largest absolute Gasteiger partial charge is 0.462 e. The molecule has 7 heteroatoms. The van der Waals surface area contributed by atoms with Crippen LogP contribution in [0.1, 0.15) is 39.9 Å². The number of anilines is 2. The summed E-state index contributed by atoms with van der Waals surface area (Å²) in [5.41, 5.74) is 4.34. The second kappa shape index (κ2) is 7.03. The standard InChI is InChI=1S/C19H21N5O2/c1-6-26-17(25)16-12(4)21-18(22-13(16)5)24-19-20-11(3)14-8-7-10(2)9-15(14)23-19/h7-9H,6H2,1-5H3,(H,20,21,22,23,24). The van der Waals surface area contributed by atoms with Crippen molar-refractivity contribution in [3.63, 3.8) is 0 Å². The number of carbonyl (C=O) groups is 1. The van der Waals surface area contributed by atoms with Crippen molar-refractivity contribution in [3.05, 3.63) is 46.4 Å². The van der Waals surface area contributed by atoms with Gasteiger partial charge in [0, 0.05) is 5.39 Å². The van der Waals surface area contributed by atoms with E-state index in [-0.39, 0.29) is 0 Å². The second-order valence-corrected chi connectivity index (χ2v) is 6.09. The lowest BCUT2D eigenvalue weighted by Gasteiger charge is -2.11. The van der Waals surface area contributed by atoms with Crippen LogP contribution < -0.4 is 5.32 Å². The van der Waals surface area contributed by atoms with Gasteiger partial charge in [-0.05, 0) is 46.2 Å². The number of rotatable bonds is 4. The molecule has 0 aliphatic carbocycles. The molecular weight excluding hydrogens is 330 g/mol. The third-order valence-corrected chi connectivity index (χ3v) is 4.02. The zero-order chi connectivity index (χ0) is 18.8. The fourth-order valence-electron chi connectivity index (χ4n) is 2.83. The Kier molecular flexibility index (Phi) is 4.79. The number of aromatic nitrogens is 4. The lowest BCUT2D eigenvalue weighted by Crippen LogP contribution is -2.13. The Balaban J connectivity index is 1.96. The summed E-state index contributed by atoms with van der Waals surface area (Å²) < 4.78 is 5.06. The molecule has 3 aromatic rings. The summed E-state index contributed by atoms with van der Waals surface area (Å²) in [5, 5.41) is 4.05. The van der Waals surface area contributed by atoms with Gasteiger partial charge in [0.05, 0.1) is 29.2 Å². The van der Waals surface area contributed by atoms with Gasteiger partial charge in [-0.25, -0.2) is 24.7 Å². The van der Waals surface area contributed by atoms with Crippen molar-refractivity contribution >= 4 is 28.8 Å². The number of fused-ring (bicyclic) bond motifs is 1. The maximum atomic E-state index is 12.0. The Bertz CT molecular complexity index is 978. The number of nitrogens with zero attached hydrogens (tertiary/aromatic N) is 4. The molecule has 0 unspecified atom stereocenters. The first-order valence-corrected chi connectivity index (χ1v) is 8.43. The highest BCUT2D eigenvalue weighted by molar-refractivity contribution is 5.91. The first-order valence-electron chi connectivity index (χ1n) is 8.43. The van der Waals surface area contributed by atoms with Gasteiger partial charge in [-0.1, -0.05) is 12.1 Å². The van der Waals surface area contributed by atoms with E-state index in [0.29, 0.717) is 35.5 Å². The average Bonchev–Trinajstić information content (AvgIpc) is 2.53. The van der Waals surface area contributed by atoms with Crippen molar-refractivity contribution < 1.29 is 9.53 Å². The predicted molar refractivity (Wildman–Crippen MR) is 99.8 cm³/mol. The van der Waals surface area contributed by atoms with E-state index in [9.17, 15) is 4.79 Å². The maximum Gasteiger partial charge on any atom is 0.341 e. The third kappa shape index (κ3) is 3.46. The number of esters is 1. The van der Waals surface area contributed by atoms with Crippen LogP contribution in [0.15, 0.2) is 18.2 Å². The molecule has 134 valence electrons. The van der Waals surface area contributed by atoms with Gasteiger partial charge in [-0.3, -0.25) is 5.32 Å². The molecule has 0 amide bonds. The molecule has 0 aliphatic heterocycles. The van der Waals surface area contributed by atoms with E-state index in [2.05, 4.69) is 25.3 Å². The van der Waals surface area contributed by atoms with E-state index in [1.165, 1.54) is 0 Å². The van der Waals surface area contributed by atoms with E-state index in [0.717, 1.165) is 22.2 Å². The topological polar surface area (TPSA) is 89.9 Å². The van der Waals surface area contributed by atoms with Crippen LogP contribution in [0.3, 0.4) is 0 Å². The third-order valence-electron chi connectivity index (χ3n) is 4.02. The summed E-state index contributed by atoms with van der Waals surface area (Å²) >= 11 is 0. The summed E-state index contributed by atoms with van der Waals surface area (Å²) in [5.74, 6) is 0.352. The highest BCUT2D eigenvalue weighted by Gasteiger charge is 2.17. The Hall–Kier alpha value is -3.09. The summed E-state index contributed by atoms with van der Waals surface area (Å²) in [6, 6.07) is 6.06. The van der Waals surface area contributed by atoms with Crippen LogP contribution in [0.4, 0.5) is 11.9 Å². The molecule has 0 saturated heterocycles. The van der Waals surface area contributed by atoms with Crippen molar-refractivity contribution in [2.45, 2.75) is 34.6 Å². The fraction of sp³-hybridized carbons (Fsp3) is 0.316. The van der Waals surface area contributed by atoms with Crippen molar-refractivity contribution in [1.82, 2.24) is 19.9 Å². The smallest absolute Gasteiger partial charge is 0.341 e.